The number of nitrogens with one attached hydrogen (secondary N) is 1. The molecule has 4 nitrogen and oxygen atoms in total. The van der Waals surface area contributed by atoms with Gasteiger partial charge in [-0.3, -0.25) is 0 Å². The second kappa shape index (κ2) is 4.79. The zero-order valence-electron chi connectivity index (χ0n) is 7.74. The van der Waals surface area contributed by atoms with Crippen LogP contribution in [-0.4, -0.2) is 31.9 Å². The van der Waals surface area contributed by atoms with Crippen LogP contribution in [-0.2, 0) is 10.0 Å². The molecule has 0 aromatic heterocycles. The number of sulfonamides is 1. The highest BCUT2D eigenvalue weighted by atomic mass is 32.2. The van der Waals surface area contributed by atoms with Gasteiger partial charge in [0.15, 0.2) is 0 Å². The van der Waals surface area contributed by atoms with Gasteiger partial charge in [0.25, 0.3) is 0 Å². The van der Waals surface area contributed by atoms with Gasteiger partial charge in [-0.05, 0) is 12.8 Å². The summed E-state index contributed by atoms with van der Waals surface area (Å²) in [4.78, 5) is 0. The lowest BCUT2D eigenvalue weighted by Gasteiger charge is -2.09. The number of aliphatic hydroxyl groups excluding tert-OH is 1. The molecule has 2 N–H and O–H groups in total. The standard InChI is InChI=1S/C7H17NO3S/c1-6(2)5-12(10,11)8-4-7(3)9/h6-9H,4-5H2,1-3H3/t7-/m1/s1. The minimum Gasteiger partial charge on any atom is -0.392 e. The Kier molecular flexibility index (Phi) is 4.74. The molecule has 0 spiro atoms. The van der Waals surface area contributed by atoms with Crippen LogP contribution in [0.2, 0.25) is 0 Å². The molecule has 0 amide bonds. The molecule has 0 fully saturated rings. The molecule has 74 valence electrons. The number of aliphatic hydroxyl groups is 1. The SMILES string of the molecule is CC(C)CS(=O)(=O)NC[C@@H](C)O. The van der Waals surface area contributed by atoms with Gasteiger partial charge in [0, 0.05) is 6.54 Å². The van der Waals surface area contributed by atoms with Gasteiger partial charge >= 0.3 is 0 Å². The van der Waals surface area contributed by atoms with Gasteiger partial charge in [-0.25, -0.2) is 13.1 Å². The van der Waals surface area contributed by atoms with Crippen molar-refractivity contribution in [2.45, 2.75) is 26.9 Å². The number of hydrogen-bond acceptors (Lipinski definition) is 3. The maximum Gasteiger partial charge on any atom is 0.211 e. The van der Waals surface area contributed by atoms with Gasteiger partial charge in [-0.1, -0.05) is 13.8 Å². The summed E-state index contributed by atoms with van der Waals surface area (Å²) >= 11 is 0. The molecule has 1 atom stereocenters. The Bertz CT molecular complexity index is 209. The monoisotopic (exact) mass is 195 g/mol. The van der Waals surface area contributed by atoms with E-state index >= 15 is 0 Å². The maximum atomic E-state index is 11.1. The summed E-state index contributed by atoms with van der Waals surface area (Å²) in [6, 6.07) is 0. The van der Waals surface area contributed by atoms with Crippen LogP contribution in [0.5, 0.6) is 0 Å². The van der Waals surface area contributed by atoms with Crippen LogP contribution < -0.4 is 4.72 Å². The topological polar surface area (TPSA) is 66.4 Å². The van der Waals surface area contributed by atoms with Crippen molar-refractivity contribution < 1.29 is 13.5 Å². The van der Waals surface area contributed by atoms with E-state index in [-0.39, 0.29) is 18.2 Å². The summed E-state index contributed by atoms with van der Waals surface area (Å²) in [5.74, 6) is 0.219. The van der Waals surface area contributed by atoms with Gasteiger partial charge < -0.3 is 5.11 Å². The van der Waals surface area contributed by atoms with E-state index in [1.807, 2.05) is 13.8 Å². The molecule has 0 saturated carbocycles. The lowest BCUT2D eigenvalue weighted by atomic mass is 10.3. The Morgan fingerprint density at radius 1 is 1.33 bits per heavy atom. The van der Waals surface area contributed by atoms with Crippen molar-refractivity contribution in [3.63, 3.8) is 0 Å². The van der Waals surface area contributed by atoms with E-state index < -0.39 is 16.1 Å². The van der Waals surface area contributed by atoms with Crippen molar-refractivity contribution in [3.05, 3.63) is 0 Å². The predicted molar refractivity (Wildman–Crippen MR) is 48.3 cm³/mol. The largest absolute Gasteiger partial charge is 0.392 e. The third-order valence-corrected chi connectivity index (χ3v) is 2.86. The lowest BCUT2D eigenvalue weighted by Crippen LogP contribution is -2.33. The Labute approximate surface area is 74.0 Å². The Morgan fingerprint density at radius 2 is 1.83 bits per heavy atom. The van der Waals surface area contributed by atoms with Gasteiger partial charge in [-0.15, -0.1) is 0 Å². The summed E-state index contributed by atoms with van der Waals surface area (Å²) in [7, 11) is -3.19. The first kappa shape index (κ1) is 11.9. The van der Waals surface area contributed by atoms with E-state index in [1.54, 1.807) is 0 Å². The molecule has 12 heavy (non-hydrogen) atoms. The molecule has 5 heteroatoms. The molecule has 0 aliphatic rings. The average Bonchev–Trinajstić information content (AvgIpc) is 1.81. The van der Waals surface area contributed by atoms with Gasteiger partial charge in [-0.2, -0.15) is 0 Å². The van der Waals surface area contributed by atoms with E-state index in [9.17, 15) is 8.42 Å². The Morgan fingerprint density at radius 3 is 2.17 bits per heavy atom. The van der Waals surface area contributed by atoms with E-state index in [0.717, 1.165) is 0 Å². The van der Waals surface area contributed by atoms with Gasteiger partial charge in [0.05, 0.1) is 11.9 Å². The van der Waals surface area contributed by atoms with Crippen LogP contribution in [0.3, 0.4) is 0 Å². The molecule has 0 aliphatic heterocycles. The first-order chi connectivity index (χ1) is 5.33. The summed E-state index contributed by atoms with van der Waals surface area (Å²) in [5.41, 5.74) is 0. The third kappa shape index (κ3) is 6.57. The summed E-state index contributed by atoms with van der Waals surface area (Å²) in [5, 5.41) is 8.82. The van der Waals surface area contributed by atoms with E-state index in [2.05, 4.69) is 4.72 Å². The van der Waals surface area contributed by atoms with Crippen molar-refractivity contribution in [2.75, 3.05) is 12.3 Å². The zero-order chi connectivity index (χ0) is 9.78. The Hall–Kier alpha value is -0.130. The lowest BCUT2D eigenvalue weighted by molar-refractivity contribution is 0.198. The van der Waals surface area contributed by atoms with Crippen molar-refractivity contribution >= 4 is 10.0 Å². The van der Waals surface area contributed by atoms with Crippen molar-refractivity contribution in [1.82, 2.24) is 4.72 Å². The molecule has 0 aromatic rings. The fraction of sp³-hybridized carbons (Fsp3) is 1.00. The van der Waals surface area contributed by atoms with Crippen LogP contribution >= 0.6 is 0 Å². The van der Waals surface area contributed by atoms with E-state index in [4.69, 9.17) is 5.11 Å². The van der Waals surface area contributed by atoms with Crippen molar-refractivity contribution in [2.24, 2.45) is 5.92 Å². The molecule has 0 aromatic carbocycles. The fourth-order valence-electron chi connectivity index (χ4n) is 0.745. The predicted octanol–water partition coefficient (Wildman–Crippen LogP) is -0.0574. The summed E-state index contributed by atoms with van der Waals surface area (Å²) in [6.07, 6.45) is -0.632. The molecular formula is C7H17NO3S. The minimum absolute atomic E-state index is 0.0923. The zero-order valence-corrected chi connectivity index (χ0v) is 8.56. The van der Waals surface area contributed by atoms with Crippen LogP contribution in [0.4, 0.5) is 0 Å². The molecular weight excluding hydrogens is 178 g/mol. The molecule has 0 unspecified atom stereocenters. The maximum absolute atomic E-state index is 11.1. The minimum atomic E-state index is -3.19. The van der Waals surface area contributed by atoms with Crippen molar-refractivity contribution in [1.29, 1.82) is 0 Å². The quantitative estimate of drug-likeness (QED) is 0.646. The normalized spacial score (nSPS) is 15.1. The summed E-state index contributed by atoms with van der Waals surface area (Å²) in [6.45, 7) is 5.30. The molecule has 0 aliphatic carbocycles. The molecule has 0 bridgehead atoms. The van der Waals surface area contributed by atoms with Gasteiger partial charge in [0.1, 0.15) is 0 Å². The third-order valence-electron chi connectivity index (χ3n) is 1.15. The fourth-order valence-corrected chi connectivity index (χ4v) is 2.24. The average molecular weight is 195 g/mol. The smallest absolute Gasteiger partial charge is 0.211 e. The van der Waals surface area contributed by atoms with Crippen LogP contribution in [0.15, 0.2) is 0 Å². The van der Waals surface area contributed by atoms with Crippen molar-refractivity contribution in [3.8, 4) is 0 Å². The molecule has 0 rings (SSSR count). The molecule has 0 saturated heterocycles. The highest BCUT2D eigenvalue weighted by molar-refractivity contribution is 7.89. The molecule has 0 heterocycles. The first-order valence-electron chi connectivity index (χ1n) is 3.99. The van der Waals surface area contributed by atoms with E-state index in [0.29, 0.717) is 0 Å². The molecule has 0 radical (unpaired) electrons. The second-order valence-electron chi connectivity index (χ2n) is 3.37. The van der Waals surface area contributed by atoms with Gasteiger partial charge in [0.2, 0.25) is 10.0 Å². The van der Waals surface area contributed by atoms with Crippen LogP contribution in [0.1, 0.15) is 20.8 Å². The number of hydrogen-bond donors (Lipinski definition) is 2. The number of rotatable bonds is 5. The summed E-state index contributed by atoms with van der Waals surface area (Å²) < 4.78 is 24.6. The highest BCUT2D eigenvalue weighted by Gasteiger charge is 2.12. The Balaban J connectivity index is 3.89. The van der Waals surface area contributed by atoms with Crippen LogP contribution in [0, 0.1) is 5.92 Å². The first-order valence-corrected chi connectivity index (χ1v) is 5.64. The van der Waals surface area contributed by atoms with E-state index in [1.165, 1.54) is 6.92 Å². The van der Waals surface area contributed by atoms with Crippen LogP contribution in [0.25, 0.3) is 0 Å². The highest BCUT2D eigenvalue weighted by Crippen LogP contribution is 1.97. The second-order valence-corrected chi connectivity index (χ2v) is 5.22.